The lowest BCUT2D eigenvalue weighted by atomic mass is 10.3. The predicted octanol–water partition coefficient (Wildman–Crippen LogP) is 4.44. The molecule has 0 unspecified atom stereocenters. The lowest BCUT2D eigenvalue weighted by Crippen LogP contribution is -2.13. The van der Waals surface area contributed by atoms with Crippen molar-refractivity contribution < 1.29 is 4.79 Å². The Morgan fingerprint density at radius 1 is 1.32 bits per heavy atom. The van der Waals surface area contributed by atoms with Crippen molar-refractivity contribution in [1.29, 1.82) is 0 Å². The number of hydrogen-bond donors (Lipinski definition) is 1. The summed E-state index contributed by atoms with van der Waals surface area (Å²) in [5, 5.41) is 3.75. The molecule has 1 amide bonds. The number of halogens is 1. The van der Waals surface area contributed by atoms with Crippen molar-refractivity contribution in [2.75, 3.05) is 17.8 Å². The minimum atomic E-state index is -0.0911. The summed E-state index contributed by atoms with van der Waals surface area (Å²) < 4.78 is 6.28. The average Bonchev–Trinajstić information content (AvgIpc) is 2.84. The van der Waals surface area contributed by atoms with Gasteiger partial charge in [0.25, 0.3) is 5.91 Å². The second kappa shape index (κ2) is 6.96. The Bertz CT molecular complexity index is 579. The van der Waals surface area contributed by atoms with Crippen LogP contribution in [0.2, 0.25) is 0 Å². The maximum absolute atomic E-state index is 12.4. The number of carbonyl (C=O) groups is 1. The first kappa shape index (κ1) is 15.1. The maximum atomic E-state index is 12.4. The van der Waals surface area contributed by atoms with Gasteiger partial charge in [-0.05, 0) is 58.8 Å². The van der Waals surface area contributed by atoms with Gasteiger partial charge >= 0.3 is 0 Å². The Morgan fingerprint density at radius 2 is 2.05 bits per heavy atom. The molecule has 1 aromatic carbocycles. The number of nitrogens with one attached hydrogen (secondary N) is 1. The van der Waals surface area contributed by atoms with Crippen LogP contribution < -0.4 is 5.32 Å². The molecular weight excluding hydrogens is 411 g/mol. The molecule has 0 fully saturated rings. The molecule has 0 aliphatic heterocycles. The Labute approximate surface area is 138 Å². The Balaban J connectivity index is 2.30. The number of thioether (sulfide) groups is 2. The number of rotatable bonds is 4. The molecule has 0 saturated carbocycles. The van der Waals surface area contributed by atoms with E-state index in [1.807, 2.05) is 36.8 Å². The third-order valence-electron chi connectivity index (χ3n) is 2.36. The van der Waals surface area contributed by atoms with Crippen molar-refractivity contribution in [2.24, 2.45) is 0 Å². The molecule has 0 saturated heterocycles. The van der Waals surface area contributed by atoms with Crippen LogP contribution in [0, 0.1) is 3.57 Å². The van der Waals surface area contributed by atoms with Gasteiger partial charge in [0.1, 0.15) is 5.03 Å². The fourth-order valence-electron chi connectivity index (χ4n) is 1.48. The number of benzene rings is 1. The van der Waals surface area contributed by atoms with Crippen molar-refractivity contribution >= 4 is 69.2 Å². The number of amides is 1. The standard InChI is InChI=1S/C12H11IN2OS3/c1-17-11-9(12(18-2)19-15-11)10(16)14-8-6-4-3-5-7(8)13/h3-6H,1-2H3,(H,14,16). The third kappa shape index (κ3) is 3.45. The van der Waals surface area contributed by atoms with Crippen LogP contribution in [0.4, 0.5) is 5.69 Å². The molecule has 7 heteroatoms. The van der Waals surface area contributed by atoms with E-state index in [4.69, 9.17) is 0 Å². The molecule has 19 heavy (non-hydrogen) atoms. The Kier molecular flexibility index (Phi) is 5.55. The highest BCUT2D eigenvalue weighted by atomic mass is 127. The van der Waals surface area contributed by atoms with Crippen LogP contribution in [0.3, 0.4) is 0 Å². The third-order valence-corrected chi connectivity index (χ3v) is 6.04. The summed E-state index contributed by atoms with van der Waals surface area (Å²) in [6, 6.07) is 7.73. The van der Waals surface area contributed by atoms with Gasteiger partial charge in [0.05, 0.1) is 15.5 Å². The van der Waals surface area contributed by atoms with Crippen LogP contribution in [0.1, 0.15) is 10.4 Å². The highest BCUT2D eigenvalue weighted by Gasteiger charge is 2.20. The number of hydrogen-bond acceptors (Lipinski definition) is 5. The van der Waals surface area contributed by atoms with Crippen LogP contribution in [0.15, 0.2) is 33.5 Å². The molecule has 1 N–H and O–H groups in total. The first-order chi connectivity index (χ1) is 9.17. The van der Waals surface area contributed by atoms with E-state index in [-0.39, 0.29) is 5.91 Å². The topological polar surface area (TPSA) is 42.0 Å². The zero-order chi connectivity index (χ0) is 13.8. The van der Waals surface area contributed by atoms with Crippen LogP contribution in [0.25, 0.3) is 0 Å². The second-order valence-corrected chi connectivity index (χ2v) is 7.30. The first-order valence-electron chi connectivity index (χ1n) is 5.31. The van der Waals surface area contributed by atoms with Gasteiger partial charge in [0, 0.05) is 3.57 Å². The molecule has 0 aliphatic rings. The zero-order valence-electron chi connectivity index (χ0n) is 10.3. The molecule has 100 valence electrons. The van der Waals surface area contributed by atoms with Gasteiger partial charge in [-0.3, -0.25) is 4.79 Å². The van der Waals surface area contributed by atoms with Crippen molar-refractivity contribution in [3.8, 4) is 0 Å². The summed E-state index contributed by atoms with van der Waals surface area (Å²) in [7, 11) is 0. The molecular formula is C12H11IN2OS3. The largest absolute Gasteiger partial charge is 0.321 e. The van der Waals surface area contributed by atoms with E-state index in [0.29, 0.717) is 5.56 Å². The normalized spacial score (nSPS) is 10.5. The number of aromatic nitrogens is 1. The van der Waals surface area contributed by atoms with Gasteiger partial charge in [0.2, 0.25) is 0 Å². The molecule has 0 spiro atoms. The van der Waals surface area contributed by atoms with Crippen molar-refractivity contribution in [2.45, 2.75) is 9.24 Å². The molecule has 0 radical (unpaired) electrons. The quantitative estimate of drug-likeness (QED) is 0.584. The van der Waals surface area contributed by atoms with Crippen molar-refractivity contribution in [1.82, 2.24) is 4.37 Å². The molecule has 0 aliphatic carbocycles. The Morgan fingerprint density at radius 3 is 2.68 bits per heavy atom. The van der Waals surface area contributed by atoms with Gasteiger partial charge < -0.3 is 5.32 Å². The lowest BCUT2D eigenvalue weighted by molar-refractivity contribution is 0.102. The van der Waals surface area contributed by atoms with Gasteiger partial charge in [-0.25, -0.2) is 0 Å². The molecule has 0 bridgehead atoms. The molecule has 2 aromatic rings. The fourth-order valence-corrected chi connectivity index (χ4v) is 4.28. The zero-order valence-corrected chi connectivity index (χ0v) is 14.9. The summed E-state index contributed by atoms with van der Waals surface area (Å²) >= 11 is 6.64. The fraction of sp³-hybridized carbons (Fsp3) is 0.167. The smallest absolute Gasteiger partial charge is 0.260 e. The molecule has 0 atom stereocenters. The minimum Gasteiger partial charge on any atom is -0.321 e. The number of carbonyl (C=O) groups excluding carboxylic acids is 1. The van der Waals surface area contributed by atoms with E-state index in [1.54, 1.807) is 11.8 Å². The average molecular weight is 422 g/mol. The van der Waals surface area contributed by atoms with Gasteiger partial charge in [-0.2, -0.15) is 4.37 Å². The summed E-state index contributed by atoms with van der Waals surface area (Å²) in [5.74, 6) is -0.0911. The first-order valence-corrected chi connectivity index (χ1v) is 9.61. The summed E-state index contributed by atoms with van der Waals surface area (Å²) in [5.41, 5.74) is 1.52. The van der Waals surface area contributed by atoms with E-state index in [1.165, 1.54) is 23.3 Å². The monoisotopic (exact) mass is 422 g/mol. The summed E-state index contributed by atoms with van der Waals surface area (Å²) in [4.78, 5) is 12.4. The van der Waals surface area contributed by atoms with Crippen molar-refractivity contribution in [3.05, 3.63) is 33.4 Å². The highest BCUT2D eigenvalue weighted by molar-refractivity contribution is 14.1. The van der Waals surface area contributed by atoms with Gasteiger partial charge in [-0.1, -0.05) is 12.1 Å². The highest BCUT2D eigenvalue weighted by Crippen LogP contribution is 2.33. The van der Waals surface area contributed by atoms with E-state index in [9.17, 15) is 4.79 Å². The van der Waals surface area contributed by atoms with Crippen LogP contribution in [0.5, 0.6) is 0 Å². The SMILES string of the molecule is CSc1nsc(SC)c1C(=O)Nc1ccccc1I. The van der Waals surface area contributed by atoms with Crippen LogP contribution in [-0.2, 0) is 0 Å². The van der Waals surface area contributed by atoms with E-state index in [0.717, 1.165) is 18.5 Å². The van der Waals surface area contributed by atoms with E-state index < -0.39 is 0 Å². The second-order valence-electron chi connectivity index (χ2n) is 3.49. The summed E-state index contributed by atoms with van der Waals surface area (Å²) in [6.07, 6.45) is 3.89. The van der Waals surface area contributed by atoms with Crippen LogP contribution in [-0.4, -0.2) is 22.8 Å². The maximum Gasteiger partial charge on any atom is 0.260 e. The van der Waals surface area contributed by atoms with E-state index >= 15 is 0 Å². The number of anilines is 1. The predicted molar refractivity (Wildman–Crippen MR) is 92.8 cm³/mol. The lowest BCUT2D eigenvalue weighted by Gasteiger charge is -2.07. The number of para-hydroxylation sites is 1. The molecule has 3 nitrogen and oxygen atoms in total. The number of nitrogens with zero attached hydrogens (tertiary/aromatic N) is 1. The molecule has 1 heterocycles. The van der Waals surface area contributed by atoms with Crippen LogP contribution >= 0.6 is 57.6 Å². The molecule has 1 aromatic heterocycles. The van der Waals surface area contributed by atoms with Gasteiger partial charge in [0.15, 0.2) is 0 Å². The van der Waals surface area contributed by atoms with Crippen molar-refractivity contribution in [3.63, 3.8) is 0 Å². The van der Waals surface area contributed by atoms with Gasteiger partial charge in [-0.15, -0.1) is 23.5 Å². The summed E-state index contributed by atoms with van der Waals surface area (Å²) in [6.45, 7) is 0. The minimum absolute atomic E-state index is 0.0911. The Hall–Kier alpha value is -0.250. The molecule has 2 rings (SSSR count). The van der Waals surface area contributed by atoms with E-state index in [2.05, 4.69) is 32.3 Å².